The lowest BCUT2D eigenvalue weighted by atomic mass is 10.0. The first-order chi connectivity index (χ1) is 10.6. The van der Waals surface area contributed by atoms with Crippen LogP contribution in [-0.2, 0) is 12.8 Å². The zero-order chi connectivity index (χ0) is 15.7. The van der Waals surface area contributed by atoms with Crippen molar-refractivity contribution in [1.82, 2.24) is 15.3 Å². The quantitative estimate of drug-likeness (QED) is 0.857. The molecule has 1 aromatic rings. The molecule has 120 valence electrons. The van der Waals surface area contributed by atoms with E-state index in [0.29, 0.717) is 30.6 Å². The van der Waals surface area contributed by atoms with E-state index in [1.54, 1.807) is 0 Å². The number of carbonyl (C=O) groups excluding carboxylic acids is 1. The second kappa shape index (κ2) is 6.20. The maximum atomic E-state index is 12.2. The van der Waals surface area contributed by atoms with Crippen molar-refractivity contribution >= 4 is 11.7 Å². The summed E-state index contributed by atoms with van der Waals surface area (Å²) in [5, 5.41) is 2.89. The molecule has 6 heteroatoms. The van der Waals surface area contributed by atoms with Crippen LogP contribution >= 0.6 is 0 Å². The summed E-state index contributed by atoms with van der Waals surface area (Å²) in [4.78, 5) is 23.8. The maximum Gasteiger partial charge on any atom is 0.270 e. The predicted molar refractivity (Wildman–Crippen MR) is 86.0 cm³/mol. The van der Waals surface area contributed by atoms with E-state index >= 15 is 0 Å². The van der Waals surface area contributed by atoms with Crippen LogP contribution in [0.15, 0.2) is 0 Å². The van der Waals surface area contributed by atoms with Gasteiger partial charge in [-0.2, -0.15) is 0 Å². The molecule has 1 atom stereocenters. The molecular formula is C16H25N5O. The van der Waals surface area contributed by atoms with Gasteiger partial charge in [-0.25, -0.2) is 9.97 Å². The molecule has 3 heterocycles. The van der Waals surface area contributed by atoms with Crippen molar-refractivity contribution in [2.45, 2.75) is 33.1 Å². The summed E-state index contributed by atoms with van der Waals surface area (Å²) in [7, 11) is 0. The third kappa shape index (κ3) is 2.92. The van der Waals surface area contributed by atoms with Gasteiger partial charge in [0, 0.05) is 31.6 Å². The smallest absolute Gasteiger partial charge is 0.270 e. The van der Waals surface area contributed by atoms with E-state index < -0.39 is 0 Å². The molecule has 1 amide bonds. The molecule has 22 heavy (non-hydrogen) atoms. The first-order valence-electron chi connectivity index (χ1n) is 8.21. The van der Waals surface area contributed by atoms with Gasteiger partial charge in [-0.3, -0.25) is 4.79 Å². The number of carbonyl (C=O) groups is 1. The molecule has 1 saturated heterocycles. The minimum atomic E-state index is -0.0653. The van der Waals surface area contributed by atoms with E-state index in [0.717, 1.165) is 49.6 Å². The van der Waals surface area contributed by atoms with Gasteiger partial charge in [0.2, 0.25) is 0 Å². The van der Waals surface area contributed by atoms with Gasteiger partial charge in [-0.05, 0) is 31.2 Å². The van der Waals surface area contributed by atoms with Crippen LogP contribution in [0.4, 0.5) is 5.82 Å². The van der Waals surface area contributed by atoms with E-state index in [1.807, 2.05) is 0 Å². The number of hydrogen-bond donors (Lipinski definition) is 2. The summed E-state index contributed by atoms with van der Waals surface area (Å²) < 4.78 is 0. The molecule has 0 aromatic carbocycles. The minimum Gasteiger partial charge on any atom is -0.356 e. The lowest BCUT2D eigenvalue weighted by Gasteiger charge is -2.25. The molecule has 0 saturated carbocycles. The fourth-order valence-corrected chi connectivity index (χ4v) is 3.26. The summed E-state index contributed by atoms with van der Waals surface area (Å²) >= 11 is 0. The van der Waals surface area contributed by atoms with Crippen LogP contribution in [0.1, 0.15) is 42.1 Å². The molecule has 0 radical (unpaired) electrons. The normalized spacial score (nSPS) is 21.2. The van der Waals surface area contributed by atoms with E-state index in [-0.39, 0.29) is 5.91 Å². The largest absolute Gasteiger partial charge is 0.356 e. The fourth-order valence-electron chi connectivity index (χ4n) is 3.26. The van der Waals surface area contributed by atoms with Gasteiger partial charge < -0.3 is 16.0 Å². The van der Waals surface area contributed by atoms with E-state index in [9.17, 15) is 4.79 Å². The van der Waals surface area contributed by atoms with Crippen LogP contribution < -0.4 is 16.0 Å². The van der Waals surface area contributed by atoms with Crippen molar-refractivity contribution < 1.29 is 4.79 Å². The zero-order valence-electron chi connectivity index (χ0n) is 13.4. The Kier molecular flexibility index (Phi) is 4.29. The standard InChI is InChI=1S/C16H25N5O/c1-10(2)7-13-19-14-12(3-5-18-16(14)22)15(20-13)21-6-4-11(8-17)9-21/h10-11H,3-9,17H2,1-2H3,(H,18,22). The van der Waals surface area contributed by atoms with Gasteiger partial charge in [0.05, 0.1) is 0 Å². The van der Waals surface area contributed by atoms with Crippen LogP contribution in [0.5, 0.6) is 0 Å². The number of rotatable bonds is 4. The second-order valence-electron chi connectivity index (χ2n) is 6.73. The first-order valence-corrected chi connectivity index (χ1v) is 8.21. The molecule has 1 fully saturated rings. The van der Waals surface area contributed by atoms with Gasteiger partial charge in [-0.1, -0.05) is 13.8 Å². The molecular weight excluding hydrogens is 278 g/mol. The molecule has 2 aliphatic rings. The van der Waals surface area contributed by atoms with Crippen molar-refractivity contribution in [3.8, 4) is 0 Å². The van der Waals surface area contributed by atoms with Gasteiger partial charge in [0.1, 0.15) is 17.3 Å². The number of hydrogen-bond acceptors (Lipinski definition) is 5. The van der Waals surface area contributed by atoms with Gasteiger partial charge in [-0.15, -0.1) is 0 Å². The summed E-state index contributed by atoms with van der Waals surface area (Å²) in [6, 6.07) is 0. The number of amides is 1. The highest BCUT2D eigenvalue weighted by molar-refractivity contribution is 5.96. The van der Waals surface area contributed by atoms with E-state index in [1.165, 1.54) is 0 Å². The summed E-state index contributed by atoms with van der Waals surface area (Å²) in [6.07, 6.45) is 2.70. The van der Waals surface area contributed by atoms with Crippen LogP contribution in [0.2, 0.25) is 0 Å². The Morgan fingerprint density at radius 1 is 1.41 bits per heavy atom. The number of nitrogens with zero attached hydrogens (tertiary/aromatic N) is 3. The summed E-state index contributed by atoms with van der Waals surface area (Å²) in [5.41, 5.74) is 7.39. The molecule has 0 spiro atoms. The zero-order valence-corrected chi connectivity index (χ0v) is 13.4. The van der Waals surface area contributed by atoms with Crippen LogP contribution in [0.25, 0.3) is 0 Å². The average Bonchev–Trinajstić information content (AvgIpc) is 2.95. The number of nitrogens with two attached hydrogens (primary N) is 1. The molecule has 0 aliphatic carbocycles. The lowest BCUT2D eigenvalue weighted by molar-refractivity contribution is 0.0940. The number of nitrogens with one attached hydrogen (secondary N) is 1. The van der Waals surface area contributed by atoms with Crippen LogP contribution in [0, 0.1) is 11.8 Å². The Morgan fingerprint density at radius 3 is 2.91 bits per heavy atom. The lowest BCUT2D eigenvalue weighted by Crippen LogP contribution is -2.36. The third-order valence-corrected chi connectivity index (χ3v) is 4.42. The van der Waals surface area contributed by atoms with Gasteiger partial charge in [0.15, 0.2) is 0 Å². The molecule has 1 aromatic heterocycles. The van der Waals surface area contributed by atoms with Crippen molar-refractivity contribution in [1.29, 1.82) is 0 Å². The number of fused-ring (bicyclic) bond motifs is 1. The molecule has 2 aliphatic heterocycles. The highest BCUT2D eigenvalue weighted by Gasteiger charge is 2.29. The number of anilines is 1. The van der Waals surface area contributed by atoms with E-state index in [4.69, 9.17) is 10.7 Å². The Labute approximate surface area is 131 Å². The second-order valence-corrected chi connectivity index (χ2v) is 6.73. The Hall–Kier alpha value is -1.69. The van der Waals surface area contributed by atoms with Gasteiger partial charge in [0.25, 0.3) is 5.91 Å². The SMILES string of the molecule is CC(C)Cc1nc2c(c(N3CCC(CN)C3)n1)CCNC2=O. The van der Waals surface area contributed by atoms with Crippen LogP contribution in [-0.4, -0.2) is 42.1 Å². The average molecular weight is 303 g/mol. The van der Waals surface area contributed by atoms with Crippen molar-refractivity contribution in [2.75, 3.05) is 31.1 Å². The third-order valence-electron chi connectivity index (χ3n) is 4.42. The fraction of sp³-hybridized carbons (Fsp3) is 0.688. The Bertz CT molecular complexity index is 572. The molecule has 3 N–H and O–H groups in total. The maximum absolute atomic E-state index is 12.2. The van der Waals surface area contributed by atoms with Crippen molar-refractivity contribution in [3.63, 3.8) is 0 Å². The summed E-state index contributed by atoms with van der Waals surface area (Å²) in [5.74, 6) is 2.66. The summed E-state index contributed by atoms with van der Waals surface area (Å²) in [6.45, 7) is 7.56. The Morgan fingerprint density at radius 2 is 2.23 bits per heavy atom. The van der Waals surface area contributed by atoms with Gasteiger partial charge >= 0.3 is 0 Å². The topological polar surface area (TPSA) is 84.1 Å². The highest BCUT2D eigenvalue weighted by atomic mass is 16.1. The Balaban J connectivity index is 1.99. The highest BCUT2D eigenvalue weighted by Crippen LogP contribution is 2.28. The van der Waals surface area contributed by atoms with Crippen molar-refractivity contribution in [2.24, 2.45) is 17.6 Å². The first kappa shape index (κ1) is 15.2. The molecule has 6 nitrogen and oxygen atoms in total. The molecule has 0 bridgehead atoms. The van der Waals surface area contributed by atoms with E-state index in [2.05, 4.69) is 29.0 Å². The molecule has 1 unspecified atom stereocenters. The molecule has 3 rings (SSSR count). The van der Waals surface area contributed by atoms with Crippen LogP contribution in [0.3, 0.4) is 0 Å². The predicted octanol–water partition coefficient (Wildman–Crippen LogP) is 0.746. The number of aromatic nitrogens is 2. The van der Waals surface area contributed by atoms with Crippen molar-refractivity contribution in [3.05, 3.63) is 17.1 Å². The monoisotopic (exact) mass is 303 g/mol. The minimum absolute atomic E-state index is 0.0653.